The number of hydrogen-bond acceptors (Lipinski definition) is 3. The van der Waals surface area contributed by atoms with Crippen molar-refractivity contribution in [3.8, 4) is 0 Å². The highest BCUT2D eigenvalue weighted by Crippen LogP contribution is 2.18. The number of aryl methyl sites for hydroxylation is 2. The Labute approximate surface area is 126 Å². The Morgan fingerprint density at radius 1 is 1.40 bits per heavy atom. The maximum atomic E-state index is 12.3. The molecule has 0 unspecified atom stereocenters. The third-order valence-electron chi connectivity index (χ3n) is 3.11. The molecule has 0 spiro atoms. The van der Waals surface area contributed by atoms with Gasteiger partial charge in [-0.25, -0.2) is 0 Å². The normalized spacial score (nSPS) is 10.8. The number of aromatic nitrogens is 4. The highest BCUT2D eigenvalue weighted by Gasteiger charge is 2.18. The summed E-state index contributed by atoms with van der Waals surface area (Å²) in [5.74, 6) is -0.0899. The van der Waals surface area contributed by atoms with Crippen LogP contribution in [0, 0.1) is 0 Å². The fourth-order valence-corrected chi connectivity index (χ4v) is 2.38. The van der Waals surface area contributed by atoms with Crippen LogP contribution in [0.1, 0.15) is 30.0 Å². The second kappa shape index (κ2) is 6.21. The minimum atomic E-state index is -0.0899. The maximum Gasteiger partial charge on any atom is 0.274 e. The van der Waals surface area contributed by atoms with Gasteiger partial charge in [0.1, 0.15) is 5.69 Å². The second-order valence-electron chi connectivity index (χ2n) is 4.47. The van der Waals surface area contributed by atoms with Crippen molar-refractivity contribution in [1.29, 1.82) is 0 Å². The van der Waals surface area contributed by atoms with Crippen LogP contribution in [0.3, 0.4) is 0 Å². The van der Waals surface area contributed by atoms with Crippen LogP contribution in [0.5, 0.6) is 0 Å². The van der Waals surface area contributed by atoms with Gasteiger partial charge in [-0.3, -0.25) is 14.2 Å². The van der Waals surface area contributed by atoms with E-state index in [0.717, 1.165) is 23.3 Å². The summed E-state index contributed by atoms with van der Waals surface area (Å²) in [5.41, 5.74) is 1.45. The van der Waals surface area contributed by atoms with Crippen LogP contribution in [0.15, 0.2) is 22.9 Å². The molecule has 0 atom stereocenters. The fourth-order valence-electron chi connectivity index (χ4n) is 1.96. The number of carbonyl (C=O) groups excluding carboxylic acids is 1. The van der Waals surface area contributed by atoms with Crippen LogP contribution >= 0.6 is 15.9 Å². The van der Waals surface area contributed by atoms with E-state index in [0.29, 0.717) is 12.2 Å². The fraction of sp³-hybridized carbons (Fsp3) is 0.462. The van der Waals surface area contributed by atoms with E-state index < -0.39 is 0 Å². The molecule has 108 valence electrons. The molecule has 1 amide bonds. The molecule has 0 saturated heterocycles. The highest BCUT2D eigenvalue weighted by atomic mass is 79.9. The van der Waals surface area contributed by atoms with Crippen LogP contribution in [0.25, 0.3) is 0 Å². The van der Waals surface area contributed by atoms with Crippen molar-refractivity contribution in [1.82, 2.24) is 24.5 Å². The Balaban J connectivity index is 2.13. The zero-order valence-corrected chi connectivity index (χ0v) is 13.5. The van der Waals surface area contributed by atoms with Crippen molar-refractivity contribution in [2.75, 3.05) is 7.05 Å². The van der Waals surface area contributed by atoms with E-state index in [4.69, 9.17) is 0 Å². The summed E-state index contributed by atoms with van der Waals surface area (Å²) in [6.45, 7) is 6.03. The molecule has 2 aromatic rings. The Morgan fingerprint density at radius 3 is 2.75 bits per heavy atom. The van der Waals surface area contributed by atoms with Gasteiger partial charge in [-0.05, 0) is 35.8 Å². The molecule has 0 fully saturated rings. The number of carbonyl (C=O) groups is 1. The molecule has 6 nitrogen and oxygen atoms in total. The lowest BCUT2D eigenvalue weighted by Crippen LogP contribution is -2.28. The Hall–Kier alpha value is -1.63. The molecule has 0 saturated carbocycles. The summed E-state index contributed by atoms with van der Waals surface area (Å²) in [6.07, 6.45) is 3.57. The number of amides is 1. The van der Waals surface area contributed by atoms with Gasteiger partial charge < -0.3 is 4.90 Å². The molecule has 2 rings (SSSR count). The van der Waals surface area contributed by atoms with Crippen LogP contribution in [-0.2, 0) is 19.6 Å². The second-order valence-corrected chi connectivity index (χ2v) is 5.33. The highest BCUT2D eigenvalue weighted by molar-refractivity contribution is 9.10. The van der Waals surface area contributed by atoms with Crippen molar-refractivity contribution in [2.45, 2.75) is 33.5 Å². The first-order chi connectivity index (χ1) is 9.56. The van der Waals surface area contributed by atoms with E-state index in [1.165, 1.54) is 0 Å². The molecule has 0 aliphatic rings. The van der Waals surface area contributed by atoms with Gasteiger partial charge in [-0.15, -0.1) is 0 Å². The van der Waals surface area contributed by atoms with E-state index in [1.54, 1.807) is 28.9 Å². The zero-order chi connectivity index (χ0) is 14.7. The van der Waals surface area contributed by atoms with Crippen molar-refractivity contribution in [3.63, 3.8) is 0 Å². The average molecular weight is 340 g/mol. The van der Waals surface area contributed by atoms with Crippen molar-refractivity contribution in [3.05, 3.63) is 34.3 Å². The SMILES string of the molecule is CCn1ccc(C(=O)N(C)Cc2c(Br)cnn2CC)n1. The first kappa shape index (κ1) is 14.8. The van der Waals surface area contributed by atoms with Crippen LogP contribution < -0.4 is 0 Å². The topological polar surface area (TPSA) is 56.0 Å². The van der Waals surface area contributed by atoms with Crippen molar-refractivity contribution in [2.24, 2.45) is 0 Å². The van der Waals surface area contributed by atoms with Crippen LogP contribution in [-0.4, -0.2) is 37.4 Å². The van der Waals surface area contributed by atoms with Crippen LogP contribution in [0.4, 0.5) is 0 Å². The van der Waals surface area contributed by atoms with Gasteiger partial charge >= 0.3 is 0 Å². The van der Waals surface area contributed by atoms with E-state index in [1.807, 2.05) is 24.7 Å². The largest absolute Gasteiger partial charge is 0.334 e. The summed E-state index contributed by atoms with van der Waals surface area (Å²) < 4.78 is 4.53. The molecular weight excluding hydrogens is 322 g/mol. The molecule has 0 aliphatic heterocycles. The smallest absolute Gasteiger partial charge is 0.274 e. The maximum absolute atomic E-state index is 12.3. The third-order valence-corrected chi connectivity index (χ3v) is 3.78. The summed E-state index contributed by atoms with van der Waals surface area (Å²) in [6, 6.07) is 1.74. The average Bonchev–Trinajstić information content (AvgIpc) is 3.05. The Morgan fingerprint density at radius 2 is 2.15 bits per heavy atom. The van der Waals surface area contributed by atoms with Gasteiger partial charge in [0.25, 0.3) is 5.91 Å². The molecule has 0 aliphatic carbocycles. The summed E-state index contributed by atoms with van der Waals surface area (Å²) in [7, 11) is 1.77. The number of nitrogens with zero attached hydrogens (tertiary/aromatic N) is 5. The Bertz CT molecular complexity index is 604. The van der Waals surface area contributed by atoms with Gasteiger partial charge in [0.15, 0.2) is 0 Å². The molecule has 0 aromatic carbocycles. The van der Waals surface area contributed by atoms with Gasteiger partial charge in [-0.2, -0.15) is 10.2 Å². The van der Waals surface area contributed by atoms with Crippen molar-refractivity contribution >= 4 is 21.8 Å². The molecule has 0 radical (unpaired) electrons. The number of hydrogen-bond donors (Lipinski definition) is 0. The monoisotopic (exact) mass is 339 g/mol. The van der Waals surface area contributed by atoms with Gasteiger partial charge in [0.05, 0.1) is 22.9 Å². The Kier molecular flexibility index (Phi) is 4.59. The summed E-state index contributed by atoms with van der Waals surface area (Å²) in [5, 5.41) is 8.48. The number of halogens is 1. The quantitative estimate of drug-likeness (QED) is 0.838. The predicted molar refractivity (Wildman–Crippen MR) is 79.3 cm³/mol. The van der Waals surface area contributed by atoms with E-state index >= 15 is 0 Å². The summed E-state index contributed by atoms with van der Waals surface area (Å²) >= 11 is 3.47. The minimum Gasteiger partial charge on any atom is -0.334 e. The standard InChI is InChI=1S/C13H18BrN5O/c1-4-18-7-6-11(16-18)13(20)17(3)9-12-10(14)8-15-19(12)5-2/h6-8H,4-5,9H2,1-3H3. The first-order valence-electron chi connectivity index (χ1n) is 6.55. The predicted octanol–water partition coefficient (Wildman–Crippen LogP) is 2.15. The molecule has 2 heterocycles. The lowest BCUT2D eigenvalue weighted by Gasteiger charge is -2.17. The summed E-state index contributed by atoms with van der Waals surface area (Å²) in [4.78, 5) is 14.0. The minimum absolute atomic E-state index is 0.0899. The van der Waals surface area contributed by atoms with Crippen molar-refractivity contribution < 1.29 is 4.79 Å². The van der Waals surface area contributed by atoms with Gasteiger partial charge in [0, 0.05) is 26.3 Å². The van der Waals surface area contributed by atoms with E-state index in [-0.39, 0.29) is 5.91 Å². The molecular formula is C13H18BrN5O. The lowest BCUT2D eigenvalue weighted by atomic mass is 10.3. The van der Waals surface area contributed by atoms with Crippen LogP contribution in [0.2, 0.25) is 0 Å². The molecule has 0 bridgehead atoms. The van der Waals surface area contributed by atoms with E-state index in [9.17, 15) is 4.79 Å². The molecule has 7 heteroatoms. The van der Waals surface area contributed by atoms with E-state index in [2.05, 4.69) is 26.1 Å². The first-order valence-corrected chi connectivity index (χ1v) is 7.35. The molecule has 20 heavy (non-hydrogen) atoms. The molecule has 0 N–H and O–H groups in total. The zero-order valence-electron chi connectivity index (χ0n) is 11.9. The van der Waals surface area contributed by atoms with Gasteiger partial charge in [-0.1, -0.05) is 0 Å². The lowest BCUT2D eigenvalue weighted by molar-refractivity contribution is 0.0774. The number of rotatable bonds is 5. The van der Waals surface area contributed by atoms with Gasteiger partial charge in [0.2, 0.25) is 0 Å². The molecule has 2 aromatic heterocycles. The third kappa shape index (κ3) is 2.92.